The van der Waals surface area contributed by atoms with Gasteiger partial charge in [-0.25, -0.2) is 4.39 Å². The average Bonchev–Trinajstić information content (AvgIpc) is 2.99. The number of esters is 1. The number of allylic oxidation sites excluding steroid dienone is 1. The van der Waals surface area contributed by atoms with Crippen molar-refractivity contribution in [3.05, 3.63) is 46.3 Å². The van der Waals surface area contributed by atoms with Gasteiger partial charge >= 0.3 is 5.97 Å². The lowest BCUT2D eigenvalue weighted by Crippen LogP contribution is -2.26. The number of hydrogen-bond acceptors (Lipinski definition) is 4. The van der Waals surface area contributed by atoms with Gasteiger partial charge in [-0.3, -0.25) is 4.79 Å². The maximum absolute atomic E-state index is 14.7. The maximum Gasteiger partial charge on any atom is 0.306 e. The quantitative estimate of drug-likeness (QED) is 0.355. The molecule has 0 aromatic heterocycles. The molecule has 26 heavy (non-hydrogen) atoms. The van der Waals surface area contributed by atoms with Gasteiger partial charge in [0.05, 0.1) is 13.5 Å². The normalized spacial score (nSPS) is 19.3. The molecule has 144 valence electrons. The van der Waals surface area contributed by atoms with Crippen molar-refractivity contribution in [3.63, 3.8) is 0 Å². The summed E-state index contributed by atoms with van der Waals surface area (Å²) in [5.41, 5.74) is 0.503. The van der Waals surface area contributed by atoms with Gasteiger partial charge in [0, 0.05) is 35.6 Å². The second-order valence-corrected chi connectivity index (χ2v) is 6.68. The molecular formula is C20H26ClFO4. The highest BCUT2D eigenvalue weighted by Crippen LogP contribution is 2.46. The number of fused-ring (bicyclic) bond motifs is 1. The third-order valence-corrected chi connectivity index (χ3v) is 5.04. The molecule has 0 saturated carbocycles. The van der Waals surface area contributed by atoms with Crippen molar-refractivity contribution in [2.24, 2.45) is 0 Å². The molecule has 0 fully saturated rings. The summed E-state index contributed by atoms with van der Waals surface area (Å²) in [6.45, 7) is 4.88. The number of carbonyl (C=O) groups is 1. The Morgan fingerprint density at radius 2 is 2.04 bits per heavy atom. The molecule has 6 heteroatoms. The number of ether oxygens (including phenoxy) is 3. The Morgan fingerprint density at radius 1 is 1.35 bits per heavy atom. The Labute approximate surface area is 159 Å². The number of hydrogen-bond donors (Lipinski definition) is 0. The molecule has 4 nitrogen and oxygen atoms in total. The molecular weight excluding hydrogens is 359 g/mol. The van der Waals surface area contributed by atoms with Crippen LogP contribution in [-0.2, 0) is 30.8 Å². The summed E-state index contributed by atoms with van der Waals surface area (Å²) in [6, 6.07) is 2.92. The maximum atomic E-state index is 14.7. The molecule has 1 aliphatic rings. The second-order valence-electron chi connectivity index (χ2n) is 6.27. The fourth-order valence-corrected chi connectivity index (χ4v) is 3.79. The third-order valence-electron chi connectivity index (χ3n) is 4.68. The van der Waals surface area contributed by atoms with Gasteiger partial charge in [-0.15, -0.1) is 0 Å². The van der Waals surface area contributed by atoms with Crippen LogP contribution in [0.25, 0.3) is 0 Å². The molecule has 1 aromatic rings. The van der Waals surface area contributed by atoms with Crippen LogP contribution in [0, 0.1) is 5.82 Å². The van der Waals surface area contributed by atoms with Crippen LogP contribution in [0.4, 0.5) is 4.39 Å². The van der Waals surface area contributed by atoms with E-state index in [0.717, 1.165) is 5.56 Å². The van der Waals surface area contributed by atoms with E-state index in [2.05, 4.69) is 0 Å². The molecule has 1 aliphatic carbocycles. The summed E-state index contributed by atoms with van der Waals surface area (Å²) in [5, 5.41) is 0.531. The highest BCUT2D eigenvalue weighted by Gasteiger charge is 2.42. The van der Waals surface area contributed by atoms with Crippen molar-refractivity contribution in [2.45, 2.75) is 51.2 Å². The molecule has 0 saturated heterocycles. The SMILES string of the molecule is CCOC(C/C=C/C1(CC(=O)OC)CCc2c(Cl)ccc(F)c21)OCC. The van der Waals surface area contributed by atoms with E-state index >= 15 is 0 Å². The van der Waals surface area contributed by atoms with Crippen molar-refractivity contribution >= 4 is 17.6 Å². The Bertz CT molecular complexity index is 655. The Morgan fingerprint density at radius 3 is 2.65 bits per heavy atom. The molecule has 0 amide bonds. The molecule has 0 spiro atoms. The summed E-state index contributed by atoms with van der Waals surface area (Å²) in [4.78, 5) is 12.0. The van der Waals surface area contributed by atoms with Crippen LogP contribution in [0.1, 0.15) is 44.2 Å². The zero-order valence-electron chi connectivity index (χ0n) is 15.5. The first-order chi connectivity index (χ1) is 12.5. The van der Waals surface area contributed by atoms with Crippen molar-refractivity contribution in [3.8, 4) is 0 Å². The molecule has 1 unspecified atom stereocenters. The average molecular weight is 385 g/mol. The van der Waals surface area contributed by atoms with Gasteiger partial charge in [-0.2, -0.15) is 0 Å². The number of carbonyl (C=O) groups excluding carboxylic acids is 1. The van der Waals surface area contributed by atoms with Crippen LogP contribution in [0.2, 0.25) is 5.02 Å². The number of benzene rings is 1. The van der Waals surface area contributed by atoms with E-state index in [1.165, 1.54) is 13.2 Å². The molecule has 0 bridgehead atoms. The van der Waals surface area contributed by atoms with E-state index in [0.29, 0.717) is 43.1 Å². The summed E-state index contributed by atoms with van der Waals surface area (Å²) in [7, 11) is 1.34. The smallest absolute Gasteiger partial charge is 0.306 e. The van der Waals surface area contributed by atoms with E-state index in [9.17, 15) is 9.18 Å². The molecule has 0 N–H and O–H groups in total. The number of halogens is 2. The van der Waals surface area contributed by atoms with Crippen molar-refractivity contribution in [2.75, 3.05) is 20.3 Å². The first kappa shape index (κ1) is 20.9. The zero-order chi connectivity index (χ0) is 19.2. The van der Waals surface area contributed by atoms with Crippen LogP contribution in [0.3, 0.4) is 0 Å². The van der Waals surface area contributed by atoms with E-state index in [-0.39, 0.29) is 24.5 Å². The minimum Gasteiger partial charge on any atom is -0.469 e. The Kier molecular flexibility index (Phi) is 7.62. The summed E-state index contributed by atoms with van der Waals surface area (Å²) < 4.78 is 30.6. The largest absolute Gasteiger partial charge is 0.469 e. The van der Waals surface area contributed by atoms with E-state index < -0.39 is 5.41 Å². The van der Waals surface area contributed by atoms with Gasteiger partial charge in [-0.05, 0) is 44.4 Å². The van der Waals surface area contributed by atoms with E-state index in [4.69, 9.17) is 25.8 Å². The van der Waals surface area contributed by atoms with Crippen molar-refractivity contribution in [1.82, 2.24) is 0 Å². The van der Waals surface area contributed by atoms with Crippen LogP contribution >= 0.6 is 11.6 Å². The highest BCUT2D eigenvalue weighted by atomic mass is 35.5. The van der Waals surface area contributed by atoms with Crippen LogP contribution in [0.15, 0.2) is 24.3 Å². The lowest BCUT2D eigenvalue weighted by molar-refractivity contribution is -0.141. The molecule has 0 aliphatic heterocycles. The molecule has 2 rings (SSSR count). The first-order valence-corrected chi connectivity index (χ1v) is 9.30. The van der Waals surface area contributed by atoms with E-state index in [1.807, 2.05) is 26.0 Å². The number of rotatable bonds is 9. The predicted octanol–water partition coefficient (Wildman–Crippen LogP) is 4.57. The fourth-order valence-electron chi connectivity index (χ4n) is 3.54. The third kappa shape index (κ3) is 4.64. The monoisotopic (exact) mass is 384 g/mol. The second kappa shape index (κ2) is 9.49. The molecule has 1 atom stereocenters. The summed E-state index contributed by atoms with van der Waals surface area (Å²) in [5.74, 6) is -0.727. The van der Waals surface area contributed by atoms with Gasteiger partial charge in [0.25, 0.3) is 0 Å². The summed E-state index contributed by atoms with van der Waals surface area (Å²) >= 11 is 6.26. The van der Waals surface area contributed by atoms with Gasteiger partial charge in [0.15, 0.2) is 6.29 Å². The van der Waals surface area contributed by atoms with Crippen LogP contribution < -0.4 is 0 Å². The van der Waals surface area contributed by atoms with Crippen molar-refractivity contribution < 1.29 is 23.4 Å². The lowest BCUT2D eigenvalue weighted by Gasteiger charge is -2.26. The van der Waals surface area contributed by atoms with Crippen LogP contribution in [-0.4, -0.2) is 32.6 Å². The Balaban J connectivity index is 2.33. The predicted molar refractivity (Wildman–Crippen MR) is 98.8 cm³/mol. The van der Waals surface area contributed by atoms with Gasteiger partial charge in [0.2, 0.25) is 0 Å². The fraction of sp³-hybridized carbons (Fsp3) is 0.550. The van der Waals surface area contributed by atoms with E-state index in [1.54, 1.807) is 6.07 Å². The highest BCUT2D eigenvalue weighted by molar-refractivity contribution is 6.31. The molecule has 0 radical (unpaired) electrons. The number of methoxy groups -OCH3 is 1. The first-order valence-electron chi connectivity index (χ1n) is 8.92. The molecule has 1 aromatic carbocycles. The standard InChI is InChI=1S/C20H26ClFO4/c1-4-25-18(26-5-2)7-6-11-20(13-17(23)24-3)12-10-14-15(21)8-9-16(22)19(14)20/h6,8-9,11,18H,4-5,7,10,12-13H2,1-3H3/b11-6+. The van der Waals surface area contributed by atoms with Gasteiger partial charge < -0.3 is 14.2 Å². The summed E-state index contributed by atoms with van der Waals surface area (Å²) in [6.07, 6.45) is 5.23. The van der Waals surface area contributed by atoms with Crippen LogP contribution in [0.5, 0.6) is 0 Å². The Hall–Kier alpha value is -1.43. The lowest BCUT2D eigenvalue weighted by atomic mass is 9.78. The molecule has 0 heterocycles. The van der Waals surface area contributed by atoms with Gasteiger partial charge in [-0.1, -0.05) is 23.8 Å². The minimum atomic E-state index is -0.764. The topological polar surface area (TPSA) is 44.8 Å². The van der Waals surface area contributed by atoms with Gasteiger partial charge in [0.1, 0.15) is 5.82 Å². The zero-order valence-corrected chi connectivity index (χ0v) is 16.3. The van der Waals surface area contributed by atoms with Crippen molar-refractivity contribution in [1.29, 1.82) is 0 Å². The minimum absolute atomic E-state index is 0.0677.